The molecule has 1 amide bonds. The van der Waals surface area contributed by atoms with Crippen LogP contribution in [0, 0.1) is 5.92 Å². The zero-order valence-electron chi connectivity index (χ0n) is 14.0. The Morgan fingerprint density at radius 2 is 1.83 bits per heavy atom. The van der Waals surface area contributed by atoms with Crippen LogP contribution in [0.25, 0.3) is 0 Å². The smallest absolute Gasteiger partial charge is 0.427 e. The van der Waals surface area contributed by atoms with Gasteiger partial charge in [-0.05, 0) is 49.4 Å². The Balaban J connectivity index is 2.00. The fourth-order valence-electron chi connectivity index (χ4n) is 2.84. The van der Waals surface area contributed by atoms with Gasteiger partial charge in [-0.15, -0.1) is 0 Å². The van der Waals surface area contributed by atoms with Crippen molar-refractivity contribution in [2.24, 2.45) is 5.92 Å². The molecule has 0 aliphatic heterocycles. The van der Waals surface area contributed by atoms with Crippen LogP contribution in [0.1, 0.15) is 49.9 Å². The number of benzene rings is 1. The number of hydrogen-bond donors (Lipinski definition) is 3. The van der Waals surface area contributed by atoms with E-state index in [4.69, 9.17) is 11.6 Å². The van der Waals surface area contributed by atoms with E-state index in [2.05, 4.69) is 5.32 Å². The van der Waals surface area contributed by atoms with Crippen LogP contribution >= 0.6 is 11.6 Å². The quantitative estimate of drug-likeness (QED) is 0.628. The van der Waals surface area contributed by atoms with Crippen molar-refractivity contribution in [1.82, 2.24) is 5.32 Å². The highest BCUT2D eigenvalue weighted by Crippen LogP contribution is 2.40. The van der Waals surface area contributed by atoms with E-state index in [1.165, 1.54) is 0 Å². The molecule has 1 fully saturated rings. The van der Waals surface area contributed by atoms with Gasteiger partial charge < -0.3 is 15.4 Å². The van der Waals surface area contributed by atoms with Crippen molar-refractivity contribution in [3.05, 3.63) is 34.9 Å². The highest BCUT2D eigenvalue weighted by molar-refractivity contribution is 6.43. The lowest BCUT2D eigenvalue weighted by Crippen LogP contribution is -2.44. The van der Waals surface area contributed by atoms with Crippen LogP contribution in [-0.4, -0.2) is 34.4 Å². The molecule has 0 spiro atoms. The number of carbonyl (C=O) groups excluding carboxylic acids is 2. The van der Waals surface area contributed by atoms with Crippen molar-refractivity contribution in [2.75, 3.05) is 0 Å². The Bertz CT molecular complexity index is 599. The van der Waals surface area contributed by atoms with E-state index in [0.717, 1.165) is 0 Å². The van der Waals surface area contributed by atoms with E-state index >= 15 is 0 Å². The van der Waals surface area contributed by atoms with Gasteiger partial charge in [0.2, 0.25) is 0 Å². The first kappa shape index (κ1) is 19.0. The molecule has 1 aliphatic rings. The van der Waals surface area contributed by atoms with E-state index in [1.54, 1.807) is 24.3 Å². The normalized spacial score (nSPS) is 16.6. The first-order valence-electron chi connectivity index (χ1n) is 8.21. The molecule has 7 heteroatoms. The second-order valence-corrected chi connectivity index (χ2v) is 7.41. The average molecular weight is 352 g/mol. The lowest BCUT2D eigenvalue weighted by Gasteiger charge is -2.22. The van der Waals surface area contributed by atoms with Crippen LogP contribution in [0.4, 0.5) is 0 Å². The zero-order valence-corrected chi connectivity index (χ0v) is 14.7. The van der Waals surface area contributed by atoms with Gasteiger partial charge in [0.1, 0.15) is 0 Å². The first-order chi connectivity index (χ1) is 11.2. The van der Waals surface area contributed by atoms with E-state index in [9.17, 15) is 19.6 Å². The second-order valence-electron chi connectivity index (χ2n) is 6.97. The van der Waals surface area contributed by atoms with Crippen molar-refractivity contribution in [3.8, 4) is 0 Å². The zero-order chi connectivity index (χ0) is 17.9. The molecule has 1 aromatic rings. The second kappa shape index (κ2) is 7.68. The van der Waals surface area contributed by atoms with Gasteiger partial charge in [-0.25, -0.2) is 0 Å². The van der Waals surface area contributed by atoms with Crippen LogP contribution in [0.15, 0.2) is 24.3 Å². The topological polar surface area (TPSA) is 86.6 Å². The fraction of sp³-hybridized carbons (Fsp3) is 0.529. The van der Waals surface area contributed by atoms with E-state index in [0.29, 0.717) is 29.8 Å². The molecule has 1 aliphatic carbocycles. The van der Waals surface area contributed by atoms with Crippen LogP contribution < -0.4 is 5.32 Å². The molecule has 130 valence electrons. The van der Waals surface area contributed by atoms with Crippen molar-refractivity contribution >= 4 is 30.4 Å². The van der Waals surface area contributed by atoms with Crippen molar-refractivity contribution < 1.29 is 19.6 Å². The van der Waals surface area contributed by atoms with Gasteiger partial charge >= 0.3 is 7.12 Å². The highest BCUT2D eigenvalue weighted by Gasteiger charge is 2.51. The summed E-state index contributed by atoms with van der Waals surface area (Å²) in [5.74, 6) is -0.711. The number of nitrogens with one attached hydrogen (secondary N) is 1. The molecule has 3 N–H and O–H groups in total. The molecule has 5 nitrogen and oxygen atoms in total. The molecule has 0 heterocycles. The standard InChI is InChI=1S/C17H23BClNO4/c1-11(2)9-13(18(23)24)10-15(21)17(7-8-17)20-16(22)12-3-5-14(19)6-4-12/h3-6,11,13,23-24H,7-10H2,1-2H3,(H,20,22)/t13-/m1/s1. The van der Waals surface area contributed by atoms with Gasteiger partial charge in [-0.2, -0.15) is 0 Å². The SMILES string of the molecule is CC(C)C[C@H](CC(=O)C1(NC(=O)c2ccc(Cl)cc2)CC1)B(O)O. The third-order valence-corrected chi connectivity index (χ3v) is 4.64. The summed E-state index contributed by atoms with van der Waals surface area (Å²) in [4.78, 5) is 24.9. The molecule has 2 rings (SSSR count). The Kier molecular flexibility index (Phi) is 6.07. The predicted molar refractivity (Wildman–Crippen MR) is 93.9 cm³/mol. The number of ketones is 1. The minimum atomic E-state index is -1.53. The van der Waals surface area contributed by atoms with Gasteiger partial charge in [0.15, 0.2) is 5.78 Å². The molecular formula is C17H23BClNO4. The summed E-state index contributed by atoms with van der Waals surface area (Å²) in [6.45, 7) is 3.93. The third-order valence-electron chi connectivity index (χ3n) is 4.39. The van der Waals surface area contributed by atoms with Crippen LogP contribution in [0.3, 0.4) is 0 Å². The molecule has 0 aromatic heterocycles. The maximum Gasteiger partial charge on any atom is 0.455 e. The van der Waals surface area contributed by atoms with Gasteiger partial charge in [-0.1, -0.05) is 25.4 Å². The molecule has 1 atom stereocenters. The molecule has 1 saturated carbocycles. The summed E-state index contributed by atoms with van der Waals surface area (Å²) in [5.41, 5.74) is -0.416. The number of Topliss-reactive ketones (excluding diaryl/α,β-unsaturated/α-hetero) is 1. The third kappa shape index (κ3) is 4.82. The van der Waals surface area contributed by atoms with Crippen LogP contribution in [0.2, 0.25) is 10.8 Å². The van der Waals surface area contributed by atoms with Gasteiger partial charge in [0.05, 0.1) is 5.54 Å². The van der Waals surface area contributed by atoms with Gasteiger partial charge in [-0.3, -0.25) is 9.59 Å². The molecule has 24 heavy (non-hydrogen) atoms. The number of rotatable bonds is 8. The summed E-state index contributed by atoms with van der Waals surface area (Å²) < 4.78 is 0. The summed E-state index contributed by atoms with van der Waals surface area (Å²) in [7, 11) is -1.53. The van der Waals surface area contributed by atoms with Crippen LogP contribution in [0.5, 0.6) is 0 Å². The lowest BCUT2D eigenvalue weighted by atomic mass is 9.66. The summed E-state index contributed by atoms with van der Waals surface area (Å²) in [6.07, 6.45) is 1.77. The Labute approximate surface area is 147 Å². The lowest BCUT2D eigenvalue weighted by molar-refractivity contribution is -0.122. The Hall–Kier alpha value is -1.37. The number of carbonyl (C=O) groups is 2. The Morgan fingerprint density at radius 3 is 2.29 bits per heavy atom. The maximum absolute atomic E-state index is 12.6. The fourth-order valence-corrected chi connectivity index (χ4v) is 2.96. The van der Waals surface area contributed by atoms with Crippen LogP contribution in [-0.2, 0) is 4.79 Å². The van der Waals surface area contributed by atoms with Crippen molar-refractivity contribution in [3.63, 3.8) is 0 Å². The summed E-state index contributed by atoms with van der Waals surface area (Å²) in [5, 5.41) is 22.3. The molecular weight excluding hydrogens is 328 g/mol. The molecule has 0 radical (unpaired) electrons. The van der Waals surface area contributed by atoms with Gasteiger partial charge in [0.25, 0.3) is 5.91 Å². The molecule has 1 aromatic carbocycles. The highest BCUT2D eigenvalue weighted by atomic mass is 35.5. The maximum atomic E-state index is 12.6. The summed E-state index contributed by atoms with van der Waals surface area (Å²) >= 11 is 5.81. The monoisotopic (exact) mass is 351 g/mol. The minimum absolute atomic E-state index is 0.0523. The number of halogens is 1. The molecule has 0 bridgehead atoms. The largest absolute Gasteiger partial charge is 0.455 e. The van der Waals surface area contributed by atoms with E-state index < -0.39 is 18.5 Å². The number of hydrogen-bond acceptors (Lipinski definition) is 4. The van der Waals surface area contributed by atoms with E-state index in [1.807, 2.05) is 13.8 Å². The van der Waals surface area contributed by atoms with Gasteiger partial charge in [0, 0.05) is 22.8 Å². The van der Waals surface area contributed by atoms with Crippen molar-refractivity contribution in [2.45, 2.75) is 50.9 Å². The number of amides is 1. The minimum Gasteiger partial charge on any atom is -0.427 e. The summed E-state index contributed by atoms with van der Waals surface area (Å²) in [6, 6.07) is 6.46. The van der Waals surface area contributed by atoms with Crippen molar-refractivity contribution in [1.29, 1.82) is 0 Å². The Morgan fingerprint density at radius 1 is 1.25 bits per heavy atom. The first-order valence-corrected chi connectivity index (χ1v) is 8.59. The average Bonchev–Trinajstić information content (AvgIpc) is 3.27. The molecule has 0 saturated heterocycles. The van der Waals surface area contributed by atoms with E-state index in [-0.39, 0.29) is 24.0 Å². The predicted octanol–water partition coefficient (Wildman–Crippen LogP) is 2.45. The molecule has 0 unspecified atom stereocenters.